The molecule has 2 aromatic heterocycles. The highest BCUT2D eigenvalue weighted by Crippen LogP contribution is 2.23. The molecule has 6 nitrogen and oxygen atoms in total. The van der Waals surface area contributed by atoms with Crippen LogP contribution in [0, 0.1) is 0 Å². The minimum absolute atomic E-state index is 0.233. The molecule has 0 atom stereocenters. The molecule has 6 heteroatoms. The fraction of sp³-hybridized carbons (Fsp3) is 0.0833. The van der Waals surface area contributed by atoms with E-state index in [1.807, 2.05) is 36.5 Å². The molecule has 18 heavy (non-hydrogen) atoms. The van der Waals surface area contributed by atoms with Crippen LogP contribution in [0.2, 0.25) is 0 Å². The molecule has 0 spiro atoms. The van der Waals surface area contributed by atoms with Gasteiger partial charge < -0.3 is 10.3 Å². The van der Waals surface area contributed by atoms with E-state index in [1.54, 1.807) is 10.9 Å². The highest BCUT2D eigenvalue weighted by atomic mass is 16.5. The number of nitrogens with two attached hydrogens (primary N) is 1. The Morgan fingerprint density at radius 2 is 2.11 bits per heavy atom. The van der Waals surface area contributed by atoms with E-state index in [-0.39, 0.29) is 6.54 Å². The Balaban J connectivity index is 2.12. The third-order valence-electron chi connectivity index (χ3n) is 2.54. The molecular weight excluding hydrogens is 230 g/mol. The molecule has 90 valence electrons. The summed E-state index contributed by atoms with van der Waals surface area (Å²) in [5.41, 5.74) is 7.21. The molecular formula is C12H11N5O. The normalized spacial score (nSPS) is 10.7. The third kappa shape index (κ3) is 1.78. The molecule has 2 N–H and O–H groups in total. The van der Waals surface area contributed by atoms with E-state index in [1.165, 1.54) is 0 Å². The average molecular weight is 241 g/mol. The summed E-state index contributed by atoms with van der Waals surface area (Å²) in [6, 6.07) is 9.58. The van der Waals surface area contributed by atoms with Crippen LogP contribution in [0.25, 0.3) is 17.1 Å². The van der Waals surface area contributed by atoms with Crippen LogP contribution in [0.3, 0.4) is 0 Å². The van der Waals surface area contributed by atoms with Gasteiger partial charge in [0, 0.05) is 18.0 Å². The van der Waals surface area contributed by atoms with Crippen molar-refractivity contribution in [3.8, 4) is 17.1 Å². The van der Waals surface area contributed by atoms with Crippen LogP contribution in [-0.4, -0.2) is 19.9 Å². The number of hydrogen-bond donors (Lipinski definition) is 1. The van der Waals surface area contributed by atoms with Crippen LogP contribution in [0.1, 0.15) is 5.89 Å². The van der Waals surface area contributed by atoms with Crippen molar-refractivity contribution in [3.63, 3.8) is 0 Å². The molecule has 0 saturated carbocycles. The maximum atomic E-state index is 5.46. The molecule has 3 rings (SSSR count). The topological polar surface area (TPSA) is 82.8 Å². The highest BCUT2D eigenvalue weighted by Gasteiger charge is 2.12. The van der Waals surface area contributed by atoms with Crippen molar-refractivity contribution in [3.05, 3.63) is 48.6 Å². The second-order valence-corrected chi connectivity index (χ2v) is 3.68. The quantitative estimate of drug-likeness (QED) is 0.749. The number of para-hydroxylation sites is 1. The van der Waals surface area contributed by atoms with Crippen LogP contribution in [0.15, 0.2) is 47.2 Å². The maximum absolute atomic E-state index is 5.46. The Morgan fingerprint density at radius 3 is 2.83 bits per heavy atom. The van der Waals surface area contributed by atoms with Gasteiger partial charge in [-0.25, -0.2) is 4.68 Å². The van der Waals surface area contributed by atoms with Gasteiger partial charge in [0.2, 0.25) is 11.7 Å². The van der Waals surface area contributed by atoms with E-state index in [0.717, 1.165) is 11.3 Å². The lowest BCUT2D eigenvalue weighted by Crippen LogP contribution is -1.98. The van der Waals surface area contributed by atoms with Gasteiger partial charge in [-0.3, -0.25) is 0 Å². The van der Waals surface area contributed by atoms with Crippen molar-refractivity contribution in [2.75, 3.05) is 0 Å². The zero-order valence-electron chi connectivity index (χ0n) is 9.52. The first-order valence-electron chi connectivity index (χ1n) is 5.50. The molecule has 0 fully saturated rings. The van der Waals surface area contributed by atoms with E-state index in [4.69, 9.17) is 10.3 Å². The highest BCUT2D eigenvalue weighted by molar-refractivity contribution is 5.66. The van der Waals surface area contributed by atoms with Gasteiger partial charge in [-0.15, -0.1) is 0 Å². The molecule has 0 aliphatic carbocycles. The van der Waals surface area contributed by atoms with Crippen LogP contribution in [0.4, 0.5) is 0 Å². The van der Waals surface area contributed by atoms with Gasteiger partial charge in [-0.2, -0.15) is 10.1 Å². The Morgan fingerprint density at radius 1 is 1.22 bits per heavy atom. The summed E-state index contributed by atoms with van der Waals surface area (Å²) in [5.74, 6) is 0.932. The number of hydrogen-bond acceptors (Lipinski definition) is 5. The summed E-state index contributed by atoms with van der Waals surface area (Å²) in [5, 5.41) is 8.13. The van der Waals surface area contributed by atoms with Gasteiger partial charge >= 0.3 is 0 Å². The molecule has 0 aliphatic rings. The average Bonchev–Trinajstić information content (AvgIpc) is 3.10. The minimum Gasteiger partial charge on any atom is -0.338 e. The first-order chi connectivity index (χ1) is 8.88. The molecule has 0 amide bonds. The molecule has 3 aromatic rings. The van der Waals surface area contributed by atoms with Gasteiger partial charge in [-0.1, -0.05) is 17.3 Å². The van der Waals surface area contributed by atoms with Gasteiger partial charge in [-0.05, 0) is 18.2 Å². The van der Waals surface area contributed by atoms with Gasteiger partial charge in [0.1, 0.15) is 0 Å². The summed E-state index contributed by atoms with van der Waals surface area (Å²) in [6.45, 7) is 0.233. The summed E-state index contributed by atoms with van der Waals surface area (Å²) in [7, 11) is 0. The van der Waals surface area contributed by atoms with Crippen molar-refractivity contribution in [1.82, 2.24) is 19.9 Å². The Hall–Kier alpha value is -2.47. The van der Waals surface area contributed by atoms with E-state index >= 15 is 0 Å². The molecule has 0 unspecified atom stereocenters. The summed E-state index contributed by atoms with van der Waals surface area (Å²) >= 11 is 0. The Labute approximate surface area is 103 Å². The third-order valence-corrected chi connectivity index (χ3v) is 2.54. The van der Waals surface area contributed by atoms with E-state index < -0.39 is 0 Å². The van der Waals surface area contributed by atoms with Gasteiger partial charge in [0.05, 0.1) is 12.2 Å². The van der Waals surface area contributed by atoms with Crippen molar-refractivity contribution < 1.29 is 4.52 Å². The van der Waals surface area contributed by atoms with E-state index in [9.17, 15) is 0 Å². The van der Waals surface area contributed by atoms with Crippen LogP contribution in [-0.2, 0) is 6.54 Å². The first kappa shape index (κ1) is 10.7. The lowest BCUT2D eigenvalue weighted by atomic mass is 10.1. The summed E-state index contributed by atoms with van der Waals surface area (Å²) in [6.07, 6.45) is 3.58. The SMILES string of the molecule is NCc1nc(-c2ccccc2-n2cccn2)no1. The molecule has 0 bridgehead atoms. The number of nitrogens with zero attached hydrogens (tertiary/aromatic N) is 4. The number of benzene rings is 1. The maximum Gasteiger partial charge on any atom is 0.240 e. The minimum atomic E-state index is 0.233. The van der Waals surface area contributed by atoms with Crippen molar-refractivity contribution >= 4 is 0 Å². The zero-order valence-corrected chi connectivity index (χ0v) is 9.52. The standard InChI is InChI=1S/C12H11N5O/c13-8-11-15-12(16-18-11)9-4-1-2-5-10(9)17-7-3-6-14-17/h1-7H,8,13H2. The van der Waals surface area contributed by atoms with Crippen LogP contribution >= 0.6 is 0 Å². The Kier molecular flexibility index (Phi) is 2.62. The molecule has 1 aromatic carbocycles. The number of rotatable bonds is 3. The monoisotopic (exact) mass is 241 g/mol. The zero-order chi connectivity index (χ0) is 12.4. The van der Waals surface area contributed by atoms with E-state index in [0.29, 0.717) is 11.7 Å². The Bertz CT molecular complexity index is 644. The lowest BCUT2D eigenvalue weighted by Gasteiger charge is -2.05. The van der Waals surface area contributed by atoms with Crippen molar-refractivity contribution in [1.29, 1.82) is 0 Å². The molecule has 0 aliphatic heterocycles. The van der Waals surface area contributed by atoms with Crippen molar-refractivity contribution in [2.24, 2.45) is 5.73 Å². The largest absolute Gasteiger partial charge is 0.338 e. The lowest BCUT2D eigenvalue weighted by molar-refractivity contribution is 0.380. The summed E-state index contributed by atoms with van der Waals surface area (Å²) < 4.78 is 6.78. The molecule has 0 radical (unpaired) electrons. The van der Waals surface area contributed by atoms with Crippen molar-refractivity contribution in [2.45, 2.75) is 6.54 Å². The second kappa shape index (κ2) is 4.42. The number of aromatic nitrogens is 4. The van der Waals surface area contributed by atoms with E-state index in [2.05, 4.69) is 15.2 Å². The smallest absolute Gasteiger partial charge is 0.240 e. The van der Waals surface area contributed by atoms with Crippen LogP contribution < -0.4 is 5.73 Å². The summed E-state index contributed by atoms with van der Waals surface area (Å²) in [4.78, 5) is 4.23. The van der Waals surface area contributed by atoms with Gasteiger partial charge in [0.25, 0.3) is 0 Å². The predicted octanol–water partition coefficient (Wildman–Crippen LogP) is 1.38. The fourth-order valence-corrected chi connectivity index (χ4v) is 1.72. The first-order valence-corrected chi connectivity index (χ1v) is 5.50. The van der Waals surface area contributed by atoms with Gasteiger partial charge in [0.15, 0.2) is 0 Å². The predicted molar refractivity (Wildman–Crippen MR) is 64.7 cm³/mol. The van der Waals surface area contributed by atoms with Crippen LogP contribution in [0.5, 0.6) is 0 Å². The molecule has 2 heterocycles. The second-order valence-electron chi connectivity index (χ2n) is 3.68. The molecule has 0 saturated heterocycles. The fourth-order valence-electron chi connectivity index (χ4n) is 1.72.